The van der Waals surface area contributed by atoms with Crippen molar-refractivity contribution in [1.82, 2.24) is 5.32 Å². The molecule has 0 heterocycles. The average molecular weight is 212 g/mol. The van der Waals surface area contributed by atoms with Crippen LogP contribution in [0.5, 0.6) is 0 Å². The highest BCUT2D eigenvalue weighted by molar-refractivity contribution is 5.73. The molecule has 0 spiro atoms. The molecule has 1 unspecified atom stereocenters. The van der Waals surface area contributed by atoms with Gasteiger partial charge in [-0.2, -0.15) is 13.2 Å². The van der Waals surface area contributed by atoms with Gasteiger partial charge in [-0.25, -0.2) is 0 Å². The van der Waals surface area contributed by atoms with Crippen molar-refractivity contribution >= 4 is 5.97 Å². The van der Waals surface area contributed by atoms with Gasteiger partial charge in [0.25, 0.3) is 0 Å². The van der Waals surface area contributed by atoms with E-state index in [4.69, 9.17) is 10.6 Å². The van der Waals surface area contributed by atoms with Gasteiger partial charge in [0.15, 0.2) is 0 Å². The minimum Gasteiger partial charge on any atom is -0.480 e. The summed E-state index contributed by atoms with van der Waals surface area (Å²) in [5.41, 5.74) is 7.84. The summed E-state index contributed by atoms with van der Waals surface area (Å²) in [6.45, 7) is -2.01. The van der Waals surface area contributed by atoms with Crippen LogP contribution in [0.1, 0.15) is 0 Å². The number of nitrogens with zero attached hydrogens (tertiary/aromatic N) is 3. The second kappa shape index (κ2) is 5.30. The van der Waals surface area contributed by atoms with Crippen molar-refractivity contribution in [2.24, 2.45) is 5.11 Å². The molecule has 6 nitrogen and oxygen atoms in total. The minimum atomic E-state index is -4.50. The van der Waals surface area contributed by atoms with Crippen LogP contribution in [0.25, 0.3) is 10.4 Å². The number of hydrogen-bond acceptors (Lipinski definition) is 3. The Labute approximate surface area is 76.3 Å². The predicted molar refractivity (Wildman–Crippen MR) is 39.5 cm³/mol. The molecule has 80 valence electrons. The van der Waals surface area contributed by atoms with Crippen molar-refractivity contribution in [3.63, 3.8) is 0 Å². The highest BCUT2D eigenvalue weighted by Gasteiger charge is 2.29. The van der Waals surface area contributed by atoms with E-state index in [1.807, 2.05) is 0 Å². The molecule has 0 aliphatic rings. The van der Waals surface area contributed by atoms with Gasteiger partial charge in [0, 0.05) is 4.91 Å². The number of hydrogen-bond donors (Lipinski definition) is 2. The van der Waals surface area contributed by atoms with Crippen LogP contribution >= 0.6 is 0 Å². The Morgan fingerprint density at radius 2 is 2.21 bits per heavy atom. The molecule has 0 amide bonds. The first-order chi connectivity index (χ1) is 6.37. The number of carbonyl (C=O) groups is 1. The van der Waals surface area contributed by atoms with Crippen molar-refractivity contribution in [3.05, 3.63) is 10.4 Å². The zero-order valence-electron chi connectivity index (χ0n) is 6.82. The van der Waals surface area contributed by atoms with E-state index in [1.165, 1.54) is 0 Å². The van der Waals surface area contributed by atoms with E-state index in [9.17, 15) is 18.0 Å². The van der Waals surface area contributed by atoms with Crippen LogP contribution in [-0.2, 0) is 4.79 Å². The summed E-state index contributed by atoms with van der Waals surface area (Å²) in [6, 6.07) is -1.52. The molecule has 0 aromatic heterocycles. The lowest BCUT2D eigenvalue weighted by Crippen LogP contribution is -2.43. The van der Waals surface area contributed by atoms with Crippen LogP contribution in [0, 0.1) is 0 Å². The van der Waals surface area contributed by atoms with Crippen molar-refractivity contribution in [1.29, 1.82) is 0 Å². The summed E-state index contributed by atoms with van der Waals surface area (Å²) in [5, 5.41) is 13.0. The lowest BCUT2D eigenvalue weighted by molar-refractivity contribution is -0.143. The molecule has 0 rings (SSSR count). The third-order valence-electron chi connectivity index (χ3n) is 1.17. The fourth-order valence-electron chi connectivity index (χ4n) is 0.587. The number of carboxylic acid groups (broad SMARTS) is 1. The molecular formula is C5H7F3N4O2. The van der Waals surface area contributed by atoms with Crippen LogP contribution in [0.2, 0.25) is 0 Å². The maximum absolute atomic E-state index is 11.6. The molecule has 1 atom stereocenters. The zero-order valence-corrected chi connectivity index (χ0v) is 6.82. The molecule has 14 heavy (non-hydrogen) atoms. The maximum Gasteiger partial charge on any atom is 0.401 e. The predicted octanol–water partition coefficient (Wildman–Crippen LogP) is 0.902. The van der Waals surface area contributed by atoms with E-state index in [0.717, 1.165) is 0 Å². The summed E-state index contributed by atoms with van der Waals surface area (Å²) in [5.74, 6) is -1.50. The van der Waals surface area contributed by atoms with Crippen molar-refractivity contribution in [2.75, 3.05) is 13.1 Å². The van der Waals surface area contributed by atoms with Gasteiger partial charge in [-0.3, -0.25) is 10.1 Å². The molecule has 9 heteroatoms. The van der Waals surface area contributed by atoms with Crippen LogP contribution in [0.3, 0.4) is 0 Å². The van der Waals surface area contributed by atoms with Crippen LogP contribution in [-0.4, -0.2) is 36.4 Å². The summed E-state index contributed by atoms with van der Waals surface area (Å²) >= 11 is 0. The minimum absolute atomic E-state index is 0.568. The molecule has 0 aromatic carbocycles. The van der Waals surface area contributed by atoms with E-state index in [1.54, 1.807) is 5.32 Å². The van der Waals surface area contributed by atoms with E-state index in [-0.39, 0.29) is 0 Å². The van der Waals surface area contributed by atoms with E-state index in [2.05, 4.69) is 10.0 Å². The largest absolute Gasteiger partial charge is 0.480 e. The topological polar surface area (TPSA) is 98.1 Å². The van der Waals surface area contributed by atoms with Crippen molar-refractivity contribution < 1.29 is 23.1 Å². The van der Waals surface area contributed by atoms with Gasteiger partial charge in [-0.05, 0) is 5.53 Å². The quantitative estimate of drug-likeness (QED) is 0.402. The third kappa shape index (κ3) is 6.09. The molecule has 0 radical (unpaired) electrons. The van der Waals surface area contributed by atoms with Gasteiger partial charge in [-0.1, -0.05) is 5.11 Å². The number of alkyl halides is 3. The van der Waals surface area contributed by atoms with Crippen molar-refractivity contribution in [2.45, 2.75) is 12.2 Å². The Bertz CT molecular complexity index is 248. The number of halogens is 3. The van der Waals surface area contributed by atoms with Gasteiger partial charge in [0.1, 0.15) is 6.04 Å². The summed E-state index contributed by atoms with van der Waals surface area (Å²) < 4.78 is 34.9. The second-order valence-corrected chi connectivity index (χ2v) is 2.30. The van der Waals surface area contributed by atoms with Gasteiger partial charge < -0.3 is 5.11 Å². The fourth-order valence-corrected chi connectivity index (χ4v) is 0.587. The first kappa shape index (κ1) is 12.5. The zero-order chi connectivity index (χ0) is 11.2. The number of nitrogens with one attached hydrogen (secondary N) is 1. The number of rotatable bonds is 5. The monoisotopic (exact) mass is 212 g/mol. The first-order valence-corrected chi connectivity index (χ1v) is 3.40. The molecule has 2 N–H and O–H groups in total. The average Bonchev–Trinajstić information content (AvgIpc) is 2.01. The lowest BCUT2D eigenvalue weighted by atomic mass is 10.3. The van der Waals surface area contributed by atoms with Crippen LogP contribution in [0.4, 0.5) is 13.2 Å². The molecule has 0 aliphatic heterocycles. The standard InChI is InChI=1S/C5H7F3N4O2/c6-5(7,8)2-10-3(4(13)14)1-11-12-9/h3,10H,1-2H2,(H,13,14). The normalized spacial score (nSPS) is 13.1. The number of carboxylic acids is 1. The lowest BCUT2D eigenvalue weighted by Gasteiger charge is -2.13. The maximum atomic E-state index is 11.6. The molecule has 0 bridgehead atoms. The Morgan fingerprint density at radius 3 is 2.57 bits per heavy atom. The third-order valence-corrected chi connectivity index (χ3v) is 1.17. The molecule has 0 aromatic rings. The van der Waals surface area contributed by atoms with Gasteiger partial charge in [0.2, 0.25) is 0 Å². The summed E-state index contributed by atoms with van der Waals surface area (Å²) in [6.07, 6.45) is -4.50. The molecule has 0 fully saturated rings. The SMILES string of the molecule is [N-]=[N+]=NCC(NCC(F)(F)F)C(=O)O. The highest BCUT2D eigenvalue weighted by atomic mass is 19.4. The van der Waals surface area contributed by atoms with Crippen LogP contribution < -0.4 is 5.32 Å². The van der Waals surface area contributed by atoms with Gasteiger partial charge >= 0.3 is 12.1 Å². The van der Waals surface area contributed by atoms with Gasteiger partial charge in [0.05, 0.1) is 13.1 Å². The second-order valence-electron chi connectivity index (χ2n) is 2.30. The van der Waals surface area contributed by atoms with E-state index in [0.29, 0.717) is 0 Å². The van der Waals surface area contributed by atoms with E-state index < -0.39 is 31.3 Å². The smallest absolute Gasteiger partial charge is 0.401 e. The molecule has 0 saturated heterocycles. The molecular weight excluding hydrogens is 205 g/mol. The van der Waals surface area contributed by atoms with Crippen LogP contribution in [0.15, 0.2) is 5.11 Å². The Kier molecular flexibility index (Phi) is 4.74. The van der Waals surface area contributed by atoms with Gasteiger partial charge in [-0.15, -0.1) is 0 Å². The fraction of sp³-hybridized carbons (Fsp3) is 0.800. The molecule has 0 saturated carbocycles. The van der Waals surface area contributed by atoms with E-state index >= 15 is 0 Å². The highest BCUT2D eigenvalue weighted by Crippen LogP contribution is 2.12. The summed E-state index contributed by atoms with van der Waals surface area (Å²) in [4.78, 5) is 12.6. The Hall–Kier alpha value is -1.47. The van der Waals surface area contributed by atoms with Crippen molar-refractivity contribution in [3.8, 4) is 0 Å². The number of azide groups is 1. The summed E-state index contributed by atoms with van der Waals surface area (Å²) in [7, 11) is 0. The Morgan fingerprint density at radius 1 is 1.64 bits per heavy atom. The Balaban J connectivity index is 4.10. The molecule has 0 aliphatic carbocycles. The first-order valence-electron chi connectivity index (χ1n) is 3.40. The number of aliphatic carboxylic acids is 1.